The molecule has 0 saturated heterocycles. The average Bonchev–Trinajstić information content (AvgIpc) is 1.62. The van der Waals surface area contributed by atoms with Crippen LogP contribution in [0.5, 0.6) is 0 Å². The normalized spacial score (nSPS) is 11.5. The fourth-order valence-corrected chi connectivity index (χ4v) is 18.6. The van der Waals surface area contributed by atoms with Crippen LogP contribution in [-0.4, -0.2) is 38.2 Å². The predicted octanol–water partition coefficient (Wildman–Crippen LogP) is 30.0. The minimum atomic E-state index is 0.711. The second kappa shape index (κ2) is 30.9. The Morgan fingerprint density at radius 2 is 0.403 bits per heavy atom. The van der Waals surface area contributed by atoms with E-state index < -0.39 is 0 Å². The molecular weight excluding hydrogens is 1510 g/mol. The van der Waals surface area contributed by atoms with E-state index in [1.807, 2.05) is 48.5 Å². The van der Waals surface area contributed by atoms with Gasteiger partial charge in [0.05, 0.1) is 66.9 Å². The van der Waals surface area contributed by atoms with Gasteiger partial charge in [0.2, 0.25) is 0 Å². The lowest BCUT2D eigenvalue weighted by atomic mass is 9.97. The molecule has 124 heavy (non-hydrogen) atoms. The Balaban J connectivity index is 0.000000143. The molecule has 0 atom stereocenters. The lowest BCUT2D eigenvalue weighted by molar-refractivity contribution is 1.18. The van der Waals surface area contributed by atoms with Gasteiger partial charge in [0.15, 0.2) is 11.6 Å². The van der Waals surface area contributed by atoms with Crippen LogP contribution in [0.2, 0.25) is 0 Å². The summed E-state index contributed by atoms with van der Waals surface area (Å²) in [5, 5.41) is 9.91. The van der Waals surface area contributed by atoms with Gasteiger partial charge in [-0.25, -0.2) is 19.9 Å². The van der Waals surface area contributed by atoms with Crippen LogP contribution >= 0.6 is 0 Å². The largest absolute Gasteiger partial charge is 0.309 e. The van der Waals surface area contributed by atoms with Gasteiger partial charge in [0, 0.05) is 99.2 Å². The third-order valence-corrected chi connectivity index (χ3v) is 24.3. The molecule has 0 fully saturated rings. The van der Waals surface area contributed by atoms with E-state index in [1.54, 1.807) is 0 Å². The molecule has 0 N–H and O–H groups in total. The van der Waals surface area contributed by atoms with Gasteiger partial charge in [-0.15, -0.1) is 0 Å². The van der Waals surface area contributed by atoms with Crippen molar-refractivity contribution in [3.63, 3.8) is 0 Å². The van der Waals surface area contributed by atoms with Gasteiger partial charge >= 0.3 is 0 Å². The van der Waals surface area contributed by atoms with Crippen LogP contribution in [0, 0.1) is 0 Å². The summed E-state index contributed by atoms with van der Waals surface area (Å²) in [6.45, 7) is 0. The maximum absolute atomic E-state index is 5.09. The van der Waals surface area contributed by atoms with Crippen LogP contribution in [0.25, 0.3) is 222 Å². The first kappa shape index (κ1) is 72.5. The monoisotopic (exact) mass is 1580 g/mol. The maximum atomic E-state index is 5.09. The number of fused-ring (bicyclic) bond motifs is 12. The van der Waals surface area contributed by atoms with Crippen molar-refractivity contribution in [3.8, 4) is 135 Å². The number of rotatable bonds is 14. The first-order valence-corrected chi connectivity index (χ1v) is 42.2. The Kier molecular flexibility index (Phi) is 18.1. The van der Waals surface area contributed by atoms with Crippen LogP contribution < -0.4 is 0 Å². The van der Waals surface area contributed by atoms with Crippen molar-refractivity contribution >= 4 is 87.2 Å². The van der Waals surface area contributed by atoms with Gasteiger partial charge in [0.1, 0.15) is 0 Å². The van der Waals surface area contributed by atoms with Crippen molar-refractivity contribution in [3.05, 3.63) is 461 Å². The average molecular weight is 1580 g/mol. The molecule has 18 aromatic carbocycles. The second-order valence-corrected chi connectivity index (χ2v) is 31.6. The summed E-state index contributed by atoms with van der Waals surface area (Å²) >= 11 is 0. The highest BCUT2D eigenvalue weighted by Gasteiger charge is 2.24. The van der Waals surface area contributed by atoms with Crippen LogP contribution in [0.1, 0.15) is 0 Å². The maximum Gasteiger partial charge on any atom is 0.160 e. The van der Waals surface area contributed by atoms with Crippen LogP contribution in [0.3, 0.4) is 0 Å². The quantitative estimate of drug-likeness (QED) is 0.109. The van der Waals surface area contributed by atoms with E-state index in [-0.39, 0.29) is 0 Å². The molecule has 8 nitrogen and oxygen atoms in total. The Morgan fingerprint density at radius 1 is 0.137 bits per heavy atom. The van der Waals surface area contributed by atoms with Gasteiger partial charge in [-0.2, -0.15) is 0 Å². The summed E-state index contributed by atoms with van der Waals surface area (Å²) in [7, 11) is 0. The molecule has 0 radical (unpaired) electrons. The third-order valence-electron chi connectivity index (χ3n) is 24.3. The molecule has 580 valence electrons. The van der Waals surface area contributed by atoms with Crippen LogP contribution in [-0.2, 0) is 0 Å². The summed E-state index contributed by atoms with van der Waals surface area (Å²) in [5.74, 6) is 1.42. The molecule has 6 aromatic heterocycles. The number of hydrogen-bond donors (Lipinski definition) is 0. The zero-order valence-corrected chi connectivity index (χ0v) is 67.5. The van der Waals surface area contributed by atoms with Crippen molar-refractivity contribution in [1.82, 2.24) is 38.2 Å². The summed E-state index contributed by atoms with van der Waals surface area (Å²) < 4.78 is 9.58. The molecule has 6 heterocycles. The van der Waals surface area contributed by atoms with Crippen molar-refractivity contribution < 1.29 is 0 Å². The van der Waals surface area contributed by atoms with Crippen molar-refractivity contribution in [1.29, 1.82) is 0 Å². The Bertz CT molecular complexity index is 8040. The lowest BCUT2D eigenvalue weighted by Gasteiger charge is -2.12. The molecule has 0 aliphatic heterocycles. The number of hydrogen-bond acceptors (Lipinski definition) is 4. The zero-order chi connectivity index (χ0) is 82.0. The zero-order valence-electron chi connectivity index (χ0n) is 67.5. The molecule has 0 amide bonds. The van der Waals surface area contributed by atoms with Crippen molar-refractivity contribution in [2.75, 3.05) is 0 Å². The molecule has 0 aliphatic rings. The van der Waals surface area contributed by atoms with Gasteiger partial charge < -0.3 is 18.3 Å². The molecule has 0 spiro atoms. The van der Waals surface area contributed by atoms with E-state index in [9.17, 15) is 0 Å². The first-order valence-electron chi connectivity index (χ1n) is 42.2. The van der Waals surface area contributed by atoms with E-state index in [4.69, 9.17) is 19.9 Å². The van der Waals surface area contributed by atoms with Gasteiger partial charge in [0.25, 0.3) is 0 Å². The number of nitrogens with zero attached hydrogens (tertiary/aromatic N) is 8. The molecule has 24 rings (SSSR count). The fraction of sp³-hybridized carbons (Fsp3) is 0. The smallest absolute Gasteiger partial charge is 0.160 e. The minimum Gasteiger partial charge on any atom is -0.309 e. The van der Waals surface area contributed by atoms with E-state index in [1.165, 1.54) is 126 Å². The second-order valence-electron chi connectivity index (χ2n) is 31.6. The summed E-state index contributed by atoms with van der Waals surface area (Å²) in [6, 6.07) is 164. The SMILES string of the molecule is c1ccc(-c2cc(-c3ccc(-c4cccc5c4c4ccccc4n5-c4ccc(-c5ccc6c(c5)c5ccccc5n6-c5ccccc5)cc4)cc3)nc(-c3ccccc3)n2)cc1.c1ccc(-c2cc(-c3ccc(-c4cccc5c4c4ccccc4n5-c4cccc(-c5cccc6c5c5ccccc5n6-c5ccccc5)c4)cc3)nc(-c3ccccc3)n2)cc1. The molecule has 0 unspecified atom stereocenters. The van der Waals surface area contributed by atoms with Crippen molar-refractivity contribution in [2.24, 2.45) is 0 Å². The van der Waals surface area contributed by atoms with E-state index in [0.717, 1.165) is 84.3 Å². The van der Waals surface area contributed by atoms with E-state index >= 15 is 0 Å². The summed E-state index contributed by atoms with van der Waals surface area (Å²) in [6.07, 6.45) is 0. The van der Waals surface area contributed by atoms with E-state index in [0.29, 0.717) is 11.6 Å². The van der Waals surface area contributed by atoms with Crippen molar-refractivity contribution in [2.45, 2.75) is 0 Å². The molecular formula is C116H76N8. The fourth-order valence-electron chi connectivity index (χ4n) is 18.6. The van der Waals surface area contributed by atoms with E-state index in [2.05, 4.69) is 431 Å². The topological polar surface area (TPSA) is 71.3 Å². The Labute approximate surface area is 716 Å². The molecule has 24 aromatic rings. The molecule has 0 aliphatic carbocycles. The number of aromatic nitrogens is 8. The first-order chi connectivity index (χ1) is 61.5. The number of benzene rings is 18. The Hall–Kier alpha value is -16.7. The summed E-state index contributed by atoms with van der Waals surface area (Å²) in [4.78, 5) is 20.2. The highest BCUT2D eigenvalue weighted by atomic mass is 15.0. The lowest BCUT2D eigenvalue weighted by Crippen LogP contribution is -1.96. The predicted molar refractivity (Wildman–Crippen MR) is 516 cm³/mol. The highest BCUT2D eigenvalue weighted by molar-refractivity contribution is 6.19. The van der Waals surface area contributed by atoms with Gasteiger partial charge in [-0.05, 0) is 160 Å². The highest BCUT2D eigenvalue weighted by Crippen LogP contribution is 2.46. The molecule has 8 heteroatoms. The standard InChI is InChI=1S/2C58H38N4/c1-4-17-40(18-5-1)50-38-51(60-58(59-50)42-19-6-2-7-20-42)41-35-33-39(34-36-41)46-27-15-32-55-56(46)49-26-11-13-30-53(49)62(55)45-24-14-21-43(37-45)47-28-16-31-54-57(47)48-25-10-12-29-52(48)61(54)44-22-8-3-9-23-44;1-4-15-41(16-5-1)51-38-52(60-58(59-51)43-17-6-2-7-18-43)42-29-27-40(28-30-42)47-23-14-26-56-57(47)49-22-11-13-25-54(49)62(56)46-34-31-39(32-35-46)44-33-36-55-50(37-44)48-21-10-12-24-53(48)61(55)45-19-8-3-9-20-45/h2*1-38H. The third kappa shape index (κ3) is 12.9. The number of para-hydroxylation sites is 6. The minimum absolute atomic E-state index is 0.711. The van der Waals surface area contributed by atoms with Crippen LogP contribution in [0.15, 0.2) is 461 Å². The van der Waals surface area contributed by atoms with Gasteiger partial charge in [-0.1, -0.05) is 346 Å². The summed E-state index contributed by atoms with van der Waals surface area (Å²) in [5.41, 5.74) is 33.3. The Morgan fingerprint density at radius 3 is 0.823 bits per heavy atom. The van der Waals surface area contributed by atoms with Gasteiger partial charge in [-0.3, -0.25) is 0 Å². The molecule has 0 bridgehead atoms. The molecule has 0 saturated carbocycles. The van der Waals surface area contributed by atoms with Crippen LogP contribution in [0.4, 0.5) is 0 Å².